The minimum Gasteiger partial charge on any atom is -0.371 e. The Balaban J connectivity index is 2.04. The van der Waals surface area contributed by atoms with Gasteiger partial charge in [0, 0.05) is 18.8 Å². The molecule has 1 aromatic carbocycles. The number of rotatable bonds is 0. The summed E-state index contributed by atoms with van der Waals surface area (Å²) in [6.45, 7) is 4.93. The molecule has 2 heterocycles. The highest BCUT2D eigenvalue weighted by atomic mass is 15.1. The second kappa shape index (κ2) is 3.03. The first kappa shape index (κ1) is 9.09. The predicted molar refractivity (Wildman–Crippen MR) is 67.4 cm³/mol. The van der Waals surface area contributed by atoms with Gasteiger partial charge in [-0.2, -0.15) is 0 Å². The van der Waals surface area contributed by atoms with Crippen LogP contribution in [0.4, 0.5) is 5.69 Å². The summed E-state index contributed by atoms with van der Waals surface area (Å²) in [5.74, 6) is 0.902. The van der Waals surface area contributed by atoms with Crippen molar-refractivity contribution in [1.29, 1.82) is 0 Å². The van der Waals surface area contributed by atoms with E-state index in [1.807, 2.05) is 0 Å². The maximum absolute atomic E-state index is 2.67. The van der Waals surface area contributed by atoms with Crippen LogP contribution in [0.15, 0.2) is 6.07 Å². The third-order valence-corrected chi connectivity index (χ3v) is 4.84. The SMILES string of the molecule is Cc1cc2c3c4c1CCCN4CCC3CC2. The number of benzene rings is 1. The molecule has 0 saturated carbocycles. The molecular weight excluding hydrogens is 194 g/mol. The van der Waals surface area contributed by atoms with E-state index in [0.29, 0.717) is 0 Å². The van der Waals surface area contributed by atoms with Gasteiger partial charge in [0.2, 0.25) is 0 Å². The zero-order valence-electron chi connectivity index (χ0n) is 10.1. The van der Waals surface area contributed by atoms with Gasteiger partial charge in [-0.15, -0.1) is 0 Å². The molecule has 4 rings (SSSR count). The zero-order chi connectivity index (χ0) is 10.7. The van der Waals surface area contributed by atoms with Gasteiger partial charge in [-0.05, 0) is 67.2 Å². The molecule has 2 aliphatic heterocycles. The number of nitrogens with zero attached hydrogens (tertiary/aromatic N) is 1. The molecule has 1 unspecified atom stereocenters. The van der Waals surface area contributed by atoms with Crippen molar-refractivity contribution in [1.82, 2.24) is 0 Å². The maximum Gasteiger partial charge on any atom is 0.0439 e. The van der Waals surface area contributed by atoms with Gasteiger partial charge in [0.05, 0.1) is 0 Å². The van der Waals surface area contributed by atoms with E-state index < -0.39 is 0 Å². The van der Waals surface area contributed by atoms with Gasteiger partial charge < -0.3 is 4.90 Å². The van der Waals surface area contributed by atoms with Gasteiger partial charge >= 0.3 is 0 Å². The molecule has 0 saturated heterocycles. The summed E-state index contributed by atoms with van der Waals surface area (Å²) in [5, 5.41) is 0. The average molecular weight is 213 g/mol. The summed E-state index contributed by atoms with van der Waals surface area (Å²) in [6.07, 6.45) is 6.83. The van der Waals surface area contributed by atoms with Gasteiger partial charge in [-0.3, -0.25) is 0 Å². The van der Waals surface area contributed by atoms with Gasteiger partial charge in [0.25, 0.3) is 0 Å². The lowest BCUT2D eigenvalue weighted by Crippen LogP contribution is -2.35. The van der Waals surface area contributed by atoms with Gasteiger partial charge in [0.1, 0.15) is 0 Å². The van der Waals surface area contributed by atoms with Gasteiger partial charge in [0.15, 0.2) is 0 Å². The highest BCUT2D eigenvalue weighted by Gasteiger charge is 2.35. The van der Waals surface area contributed by atoms with Crippen LogP contribution < -0.4 is 4.90 Å². The average Bonchev–Trinajstić information content (AvgIpc) is 2.72. The molecule has 1 heteroatoms. The van der Waals surface area contributed by atoms with Crippen LogP contribution in [-0.2, 0) is 12.8 Å². The van der Waals surface area contributed by atoms with Crippen LogP contribution in [0, 0.1) is 6.92 Å². The van der Waals surface area contributed by atoms with E-state index in [2.05, 4.69) is 17.9 Å². The standard InChI is InChI=1S/C15H19N/c1-10-9-12-5-4-11-6-8-16-7-2-3-13(10)15(16)14(11)12/h9,11H,2-8H2,1H3. The quantitative estimate of drug-likeness (QED) is 0.640. The lowest BCUT2D eigenvalue weighted by Gasteiger charge is -2.39. The van der Waals surface area contributed by atoms with Crippen molar-refractivity contribution < 1.29 is 0 Å². The molecule has 16 heavy (non-hydrogen) atoms. The van der Waals surface area contributed by atoms with Crippen molar-refractivity contribution in [2.75, 3.05) is 18.0 Å². The molecule has 3 aliphatic rings. The topological polar surface area (TPSA) is 3.24 Å². The molecule has 1 aromatic rings. The summed E-state index contributed by atoms with van der Waals surface area (Å²) in [7, 11) is 0. The largest absolute Gasteiger partial charge is 0.371 e. The molecule has 0 fully saturated rings. The lowest BCUT2D eigenvalue weighted by molar-refractivity contribution is 0.554. The van der Waals surface area contributed by atoms with Crippen molar-refractivity contribution in [3.8, 4) is 0 Å². The number of aryl methyl sites for hydroxylation is 2. The predicted octanol–water partition coefficient (Wildman–Crippen LogP) is 3.18. The van der Waals surface area contributed by atoms with Crippen molar-refractivity contribution in [2.45, 2.75) is 44.9 Å². The first-order valence-corrected chi connectivity index (χ1v) is 6.75. The van der Waals surface area contributed by atoms with E-state index in [1.165, 1.54) is 45.2 Å². The van der Waals surface area contributed by atoms with Crippen molar-refractivity contribution in [2.24, 2.45) is 0 Å². The summed E-state index contributed by atoms with van der Waals surface area (Å²) in [5.41, 5.74) is 8.34. The molecule has 0 N–H and O–H groups in total. The maximum atomic E-state index is 2.67. The van der Waals surface area contributed by atoms with Crippen molar-refractivity contribution in [3.05, 3.63) is 28.3 Å². The summed E-state index contributed by atoms with van der Waals surface area (Å²) in [6, 6.07) is 2.49. The fourth-order valence-electron chi connectivity index (χ4n) is 4.12. The molecule has 1 atom stereocenters. The Bertz CT molecular complexity index is 461. The molecule has 1 nitrogen and oxygen atoms in total. The Morgan fingerprint density at radius 2 is 2.12 bits per heavy atom. The molecule has 0 spiro atoms. The fraction of sp³-hybridized carbons (Fsp3) is 0.600. The van der Waals surface area contributed by atoms with E-state index in [1.54, 1.807) is 27.9 Å². The summed E-state index contributed by atoms with van der Waals surface area (Å²) < 4.78 is 0. The van der Waals surface area contributed by atoms with Crippen LogP contribution in [-0.4, -0.2) is 13.1 Å². The second-order valence-electron chi connectivity index (χ2n) is 5.71. The van der Waals surface area contributed by atoms with E-state index >= 15 is 0 Å². The van der Waals surface area contributed by atoms with E-state index in [4.69, 9.17) is 0 Å². The van der Waals surface area contributed by atoms with Crippen LogP contribution in [0.3, 0.4) is 0 Å². The summed E-state index contributed by atoms with van der Waals surface area (Å²) >= 11 is 0. The Morgan fingerprint density at radius 1 is 1.19 bits per heavy atom. The molecule has 0 radical (unpaired) electrons. The van der Waals surface area contributed by atoms with Crippen LogP contribution in [0.2, 0.25) is 0 Å². The van der Waals surface area contributed by atoms with E-state index in [-0.39, 0.29) is 0 Å². The Hall–Kier alpha value is -0.980. The highest BCUT2D eigenvalue weighted by Crippen LogP contribution is 2.49. The van der Waals surface area contributed by atoms with E-state index in [9.17, 15) is 0 Å². The Kier molecular flexibility index (Phi) is 1.72. The van der Waals surface area contributed by atoms with Crippen LogP contribution in [0.5, 0.6) is 0 Å². The molecule has 1 aliphatic carbocycles. The van der Waals surface area contributed by atoms with Gasteiger partial charge in [-0.1, -0.05) is 6.07 Å². The zero-order valence-corrected chi connectivity index (χ0v) is 10.1. The third kappa shape index (κ3) is 1.02. The van der Waals surface area contributed by atoms with Crippen molar-refractivity contribution >= 4 is 5.69 Å². The third-order valence-electron chi connectivity index (χ3n) is 4.84. The Morgan fingerprint density at radius 3 is 3.06 bits per heavy atom. The van der Waals surface area contributed by atoms with Crippen LogP contribution >= 0.6 is 0 Å². The first-order chi connectivity index (χ1) is 7.84. The molecule has 0 bridgehead atoms. The number of hydrogen-bond acceptors (Lipinski definition) is 1. The smallest absolute Gasteiger partial charge is 0.0439 e. The fourth-order valence-corrected chi connectivity index (χ4v) is 4.12. The van der Waals surface area contributed by atoms with Gasteiger partial charge in [-0.25, -0.2) is 0 Å². The van der Waals surface area contributed by atoms with Crippen molar-refractivity contribution in [3.63, 3.8) is 0 Å². The Labute approximate surface area is 97.5 Å². The molecule has 84 valence electrons. The molecule has 0 aromatic heterocycles. The highest BCUT2D eigenvalue weighted by molar-refractivity contribution is 5.69. The minimum atomic E-state index is 0.902. The molecule has 0 amide bonds. The van der Waals surface area contributed by atoms with Crippen LogP contribution in [0.25, 0.3) is 0 Å². The minimum absolute atomic E-state index is 0.902. The molecular formula is C15H19N. The number of hydrogen-bond donors (Lipinski definition) is 0. The normalized spacial score (nSPS) is 25.8. The number of anilines is 1. The first-order valence-electron chi connectivity index (χ1n) is 6.75. The van der Waals surface area contributed by atoms with E-state index in [0.717, 1.165) is 5.92 Å². The van der Waals surface area contributed by atoms with Crippen LogP contribution in [0.1, 0.15) is 47.4 Å². The monoisotopic (exact) mass is 213 g/mol. The lowest BCUT2D eigenvalue weighted by atomic mass is 9.84. The second-order valence-corrected chi connectivity index (χ2v) is 5.71. The summed E-state index contributed by atoms with van der Waals surface area (Å²) in [4.78, 5) is 2.67.